The van der Waals surface area contributed by atoms with E-state index < -0.39 is 11.5 Å². The molecule has 2 rings (SSSR count). The van der Waals surface area contributed by atoms with Crippen LogP contribution in [0.3, 0.4) is 0 Å². The van der Waals surface area contributed by atoms with E-state index in [2.05, 4.69) is 5.32 Å². The van der Waals surface area contributed by atoms with Gasteiger partial charge in [0.2, 0.25) is 11.8 Å². The Morgan fingerprint density at radius 3 is 2.64 bits per heavy atom. The standard InChI is InChI=1S/C15H24N2O5/c18-12(5-9-17-8-3-1-2-4-13(17)19)16-15(14(20)21)6-10-22-11-7-15/h1-11H2,(H,16,18)(H,20,21). The number of amides is 2. The van der Waals surface area contributed by atoms with E-state index in [1.54, 1.807) is 4.90 Å². The highest BCUT2D eigenvalue weighted by atomic mass is 16.5. The number of hydrogen-bond donors (Lipinski definition) is 2. The van der Waals surface area contributed by atoms with Crippen LogP contribution in [0.1, 0.15) is 44.9 Å². The third-order valence-corrected chi connectivity index (χ3v) is 4.41. The number of carbonyl (C=O) groups is 3. The molecule has 0 unspecified atom stereocenters. The minimum atomic E-state index is -1.22. The Morgan fingerprint density at radius 2 is 1.95 bits per heavy atom. The Kier molecular flexibility index (Phi) is 5.76. The maximum Gasteiger partial charge on any atom is 0.329 e. The van der Waals surface area contributed by atoms with E-state index >= 15 is 0 Å². The van der Waals surface area contributed by atoms with Crippen LogP contribution in [-0.2, 0) is 19.1 Å². The lowest BCUT2D eigenvalue weighted by molar-refractivity contribution is -0.152. The number of carboxylic acid groups (broad SMARTS) is 1. The topological polar surface area (TPSA) is 95.9 Å². The highest BCUT2D eigenvalue weighted by Gasteiger charge is 2.41. The summed E-state index contributed by atoms with van der Waals surface area (Å²) in [5.74, 6) is -1.25. The van der Waals surface area contributed by atoms with Crippen molar-refractivity contribution in [1.82, 2.24) is 10.2 Å². The molecule has 2 amide bonds. The van der Waals surface area contributed by atoms with Crippen molar-refractivity contribution >= 4 is 17.8 Å². The van der Waals surface area contributed by atoms with Gasteiger partial charge in [-0.15, -0.1) is 0 Å². The summed E-state index contributed by atoms with van der Waals surface area (Å²) in [5.41, 5.74) is -1.22. The molecule has 2 aliphatic heterocycles. The third kappa shape index (κ3) is 4.19. The maximum atomic E-state index is 12.1. The minimum Gasteiger partial charge on any atom is -0.480 e. The zero-order valence-electron chi connectivity index (χ0n) is 12.8. The predicted octanol–water partition coefficient (Wildman–Crippen LogP) is 0.529. The Balaban J connectivity index is 1.85. The second kappa shape index (κ2) is 7.58. The highest BCUT2D eigenvalue weighted by Crippen LogP contribution is 2.21. The SMILES string of the molecule is O=C(CCN1CCCCCC1=O)NC1(C(=O)O)CCOCC1. The first-order valence-electron chi connectivity index (χ1n) is 7.93. The van der Waals surface area contributed by atoms with E-state index in [9.17, 15) is 19.5 Å². The zero-order chi connectivity index (χ0) is 16.0. The number of carbonyl (C=O) groups excluding carboxylic acids is 2. The van der Waals surface area contributed by atoms with Crippen LogP contribution in [0.25, 0.3) is 0 Å². The number of nitrogens with zero attached hydrogens (tertiary/aromatic N) is 1. The van der Waals surface area contributed by atoms with Gasteiger partial charge in [-0.1, -0.05) is 6.42 Å². The van der Waals surface area contributed by atoms with E-state index in [4.69, 9.17) is 4.74 Å². The summed E-state index contributed by atoms with van der Waals surface area (Å²) in [6.45, 7) is 1.70. The molecule has 0 bridgehead atoms. The van der Waals surface area contributed by atoms with E-state index in [1.165, 1.54) is 0 Å². The Labute approximate surface area is 130 Å². The van der Waals surface area contributed by atoms with Crippen molar-refractivity contribution in [1.29, 1.82) is 0 Å². The van der Waals surface area contributed by atoms with Gasteiger partial charge in [-0.2, -0.15) is 0 Å². The summed E-state index contributed by atoms with van der Waals surface area (Å²) in [5, 5.41) is 12.0. The molecule has 7 heteroatoms. The molecule has 0 atom stereocenters. The van der Waals surface area contributed by atoms with Crippen LogP contribution in [0.2, 0.25) is 0 Å². The van der Waals surface area contributed by atoms with Gasteiger partial charge in [0.25, 0.3) is 0 Å². The lowest BCUT2D eigenvalue weighted by Crippen LogP contribution is -2.57. The average molecular weight is 312 g/mol. The van der Waals surface area contributed by atoms with Gasteiger partial charge >= 0.3 is 5.97 Å². The molecule has 0 aliphatic carbocycles. The minimum absolute atomic E-state index is 0.0873. The van der Waals surface area contributed by atoms with E-state index in [-0.39, 0.29) is 31.1 Å². The fourth-order valence-corrected chi connectivity index (χ4v) is 2.95. The molecule has 2 fully saturated rings. The molecule has 2 aliphatic rings. The van der Waals surface area contributed by atoms with Crippen LogP contribution in [0.4, 0.5) is 0 Å². The smallest absolute Gasteiger partial charge is 0.329 e. The normalized spacial score (nSPS) is 22.0. The second-order valence-corrected chi connectivity index (χ2v) is 5.99. The molecule has 7 nitrogen and oxygen atoms in total. The molecule has 0 aromatic rings. The molecule has 0 spiro atoms. The highest BCUT2D eigenvalue weighted by molar-refractivity contribution is 5.87. The summed E-state index contributed by atoms with van der Waals surface area (Å²) in [6.07, 6.45) is 4.14. The summed E-state index contributed by atoms with van der Waals surface area (Å²) < 4.78 is 5.17. The average Bonchev–Trinajstić information content (AvgIpc) is 2.70. The van der Waals surface area contributed by atoms with Crippen molar-refractivity contribution in [3.8, 4) is 0 Å². The molecule has 2 saturated heterocycles. The molecule has 2 heterocycles. The molecule has 0 saturated carbocycles. The van der Waals surface area contributed by atoms with Crippen LogP contribution in [0, 0.1) is 0 Å². The lowest BCUT2D eigenvalue weighted by Gasteiger charge is -2.34. The Morgan fingerprint density at radius 1 is 1.23 bits per heavy atom. The number of likely N-dealkylation sites (tertiary alicyclic amines) is 1. The number of rotatable bonds is 5. The second-order valence-electron chi connectivity index (χ2n) is 5.99. The predicted molar refractivity (Wildman–Crippen MR) is 78.2 cm³/mol. The van der Waals surface area contributed by atoms with Crippen molar-refractivity contribution in [3.05, 3.63) is 0 Å². The summed E-state index contributed by atoms with van der Waals surface area (Å²) >= 11 is 0. The summed E-state index contributed by atoms with van der Waals surface area (Å²) in [6, 6.07) is 0. The van der Waals surface area contributed by atoms with Gasteiger partial charge in [0.05, 0.1) is 0 Å². The molecule has 0 aromatic carbocycles. The maximum absolute atomic E-state index is 12.1. The molecular formula is C15H24N2O5. The largest absolute Gasteiger partial charge is 0.480 e. The molecule has 22 heavy (non-hydrogen) atoms. The Hall–Kier alpha value is -1.63. The first-order chi connectivity index (χ1) is 10.5. The monoisotopic (exact) mass is 312 g/mol. The number of hydrogen-bond acceptors (Lipinski definition) is 4. The van der Waals surface area contributed by atoms with Crippen LogP contribution < -0.4 is 5.32 Å². The van der Waals surface area contributed by atoms with Crippen molar-refractivity contribution in [2.45, 2.75) is 50.5 Å². The van der Waals surface area contributed by atoms with Crippen molar-refractivity contribution in [2.24, 2.45) is 0 Å². The lowest BCUT2D eigenvalue weighted by atomic mass is 9.90. The fraction of sp³-hybridized carbons (Fsp3) is 0.800. The zero-order valence-corrected chi connectivity index (χ0v) is 12.8. The molecule has 124 valence electrons. The van der Waals surface area contributed by atoms with Crippen LogP contribution in [0.5, 0.6) is 0 Å². The van der Waals surface area contributed by atoms with Gasteiger partial charge in [-0.05, 0) is 12.8 Å². The Bertz CT molecular complexity index is 432. The molecular weight excluding hydrogens is 288 g/mol. The number of ether oxygens (including phenoxy) is 1. The van der Waals surface area contributed by atoms with E-state index in [1.807, 2.05) is 0 Å². The van der Waals surface area contributed by atoms with Gasteiger partial charge in [0, 0.05) is 52.0 Å². The quantitative estimate of drug-likeness (QED) is 0.772. The van der Waals surface area contributed by atoms with Crippen molar-refractivity contribution < 1.29 is 24.2 Å². The first-order valence-corrected chi connectivity index (χ1v) is 7.93. The van der Waals surface area contributed by atoms with Gasteiger partial charge in [0.1, 0.15) is 5.54 Å². The van der Waals surface area contributed by atoms with Gasteiger partial charge in [-0.3, -0.25) is 9.59 Å². The number of aliphatic carboxylic acids is 1. The van der Waals surface area contributed by atoms with Crippen molar-refractivity contribution in [3.63, 3.8) is 0 Å². The van der Waals surface area contributed by atoms with Gasteiger partial charge in [0.15, 0.2) is 0 Å². The third-order valence-electron chi connectivity index (χ3n) is 4.41. The van der Waals surface area contributed by atoms with Crippen LogP contribution in [0.15, 0.2) is 0 Å². The summed E-state index contributed by atoms with van der Waals surface area (Å²) in [7, 11) is 0. The van der Waals surface area contributed by atoms with Gasteiger partial charge in [-0.25, -0.2) is 4.79 Å². The first kappa shape index (κ1) is 16.7. The van der Waals surface area contributed by atoms with E-state index in [0.29, 0.717) is 32.7 Å². The van der Waals surface area contributed by atoms with Crippen molar-refractivity contribution in [2.75, 3.05) is 26.3 Å². The molecule has 0 aromatic heterocycles. The number of nitrogens with one attached hydrogen (secondary N) is 1. The molecule has 0 radical (unpaired) electrons. The molecule has 2 N–H and O–H groups in total. The van der Waals surface area contributed by atoms with Crippen LogP contribution >= 0.6 is 0 Å². The number of carboxylic acids is 1. The fourth-order valence-electron chi connectivity index (χ4n) is 2.95. The van der Waals surface area contributed by atoms with Gasteiger partial charge < -0.3 is 20.1 Å². The van der Waals surface area contributed by atoms with E-state index in [0.717, 1.165) is 19.3 Å². The summed E-state index contributed by atoms with van der Waals surface area (Å²) in [4.78, 5) is 37.2. The van der Waals surface area contributed by atoms with Crippen LogP contribution in [-0.4, -0.2) is 59.6 Å².